The first-order chi connectivity index (χ1) is 9.56. The summed E-state index contributed by atoms with van der Waals surface area (Å²) in [5.74, 6) is 0.451. The Bertz CT molecular complexity index is 418. The van der Waals surface area contributed by atoms with Crippen LogP contribution in [-0.2, 0) is 9.53 Å². The Morgan fingerprint density at radius 1 is 1.40 bits per heavy atom. The van der Waals surface area contributed by atoms with E-state index in [1.54, 1.807) is 11.8 Å². The summed E-state index contributed by atoms with van der Waals surface area (Å²) in [5, 5.41) is 4.18. The van der Waals surface area contributed by atoms with Crippen molar-refractivity contribution < 1.29 is 9.53 Å². The fraction of sp³-hybridized carbons (Fsp3) is 0.600. The second-order valence-electron chi connectivity index (χ2n) is 4.69. The smallest absolute Gasteiger partial charge is 0.323 e. The van der Waals surface area contributed by atoms with Crippen LogP contribution in [0.4, 0.5) is 0 Å². The van der Waals surface area contributed by atoms with E-state index >= 15 is 0 Å². The minimum atomic E-state index is -0.275. The lowest BCUT2D eigenvalue weighted by Crippen LogP contribution is -2.40. The molecular formula is C15H24N2O2S. The summed E-state index contributed by atoms with van der Waals surface area (Å²) < 4.78 is 5.10. The lowest BCUT2D eigenvalue weighted by Gasteiger charge is -2.16. The van der Waals surface area contributed by atoms with Crippen molar-refractivity contribution in [2.75, 3.05) is 18.9 Å². The number of aryl methyl sites for hydroxylation is 2. The van der Waals surface area contributed by atoms with Crippen LogP contribution in [0.2, 0.25) is 0 Å². The molecular weight excluding hydrogens is 272 g/mol. The molecule has 0 spiro atoms. The molecule has 0 saturated heterocycles. The predicted molar refractivity (Wildman–Crippen MR) is 83.1 cm³/mol. The van der Waals surface area contributed by atoms with Gasteiger partial charge in [0, 0.05) is 11.4 Å². The van der Waals surface area contributed by atoms with Crippen molar-refractivity contribution in [3.05, 3.63) is 23.4 Å². The number of thioether (sulfide) groups is 1. The lowest BCUT2D eigenvalue weighted by atomic mass is 10.3. The molecule has 20 heavy (non-hydrogen) atoms. The molecule has 112 valence electrons. The Morgan fingerprint density at radius 3 is 2.75 bits per heavy atom. The maximum atomic E-state index is 11.9. The summed E-state index contributed by atoms with van der Waals surface area (Å²) in [4.78, 5) is 16.4. The van der Waals surface area contributed by atoms with Gasteiger partial charge in [-0.1, -0.05) is 6.92 Å². The minimum absolute atomic E-state index is 0.183. The van der Waals surface area contributed by atoms with E-state index < -0.39 is 0 Å². The molecule has 0 aliphatic rings. The molecule has 1 aromatic rings. The molecule has 0 aliphatic carbocycles. The average molecular weight is 296 g/mol. The molecule has 1 unspecified atom stereocenters. The summed E-state index contributed by atoms with van der Waals surface area (Å²) in [6.45, 7) is 9.16. The highest BCUT2D eigenvalue weighted by Gasteiger charge is 2.19. The van der Waals surface area contributed by atoms with Gasteiger partial charge in [-0.15, -0.1) is 11.8 Å². The van der Waals surface area contributed by atoms with E-state index in [1.807, 2.05) is 26.0 Å². The molecule has 1 heterocycles. The van der Waals surface area contributed by atoms with E-state index in [-0.39, 0.29) is 12.0 Å². The third-order valence-corrected chi connectivity index (χ3v) is 3.69. The monoisotopic (exact) mass is 296 g/mol. The largest absolute Gasteiger partial charge is 0.465 e. The summed E-state index contributed by atoms with van der Waals surface area (Å²) in [7, 11) is 0. The standard InChI is InChI=1S/C15H24N2O2S/c1-5-7-16-13(15(18)19-6-2)10-20-14-9-11(3)8-12(4)17-14/h8-9,13,16H,5-7,10H2,1-4H3. The molecule has 0 aromatic carbocycles. The molecule has 0 fully saturated rings. The predicted octanol–water partition coefficient (Wildman–Crippen LogP) is 2.72. The molecule has 0 bridgehead atoms. The first-order valence-corrected chi connectivity index (χ1v) is 8.03. The third-order valence-electron chi connectivity index (χ3n) is 2.68. The molecule has 1 rings (SSSR count). The van der Waals surface area contributed by atoms with E-state index in [0.29, 0.717) is 12.4 Å². The average Bonchev–Trinajstić information content (AvgIpc) is 2.38. The quantitative estimate of drug-likeness (QED) is 0.590. The Kier molecular flexibility index (Phi) is 7.62. The van der Waals surface area contributed by atoms with Crippen molar-refractivity contribution in [1.82, 2.24) is 10.3 Å². The van der Waals surface area contributed by atoms with Crippen LogP contribution >= 0.6 is 11.8 Å². The maximum absolute atomic E-state index is 11.9. The van der Waals surface area contributed by atoms with Crippen LogP contribution in [0.5, 0.6) is 0 Å². The summed E-state index contributed by atoms with van der Waals surface area (Å²) in [6.07, 6.45) is 0.988. The van der Waals surface area contributed by atoms with Crippen LogP contribution in [-0.4, -0.2) is 35.9 Å². The van der Waals surface area contributed by atoms with Gasteiger partial charge in [0.25, 0.3) is 0 Å². The summed E-state index contributed by atoms with van der Waals surface area (Å²) in [6, 6.07) is 3.81. The number of carbonyl (C=O) groups excluding carboxylic acids is 1. The second-order valence-corrected chi connectivity index (χ2v) is 5.73. The van der Waals surface area contributed by atoms with Crippen LogP contribution < -0.4 is 5.32 Å². The Hall–Kier alpha value is -1.07. The van der Waals surface area contributed by atoms with Crippen LogP contribution in [0, 0.1) is 13.8 Å². The van der Waals surface area contributed by atoms with Crippen LogP contribution in [0.1, 0.15) is 31.5 Å². The van der Waals surface area contributed by atoms with Crippen LogP contribution in [0.25, 0.3) is 0 Å². The fourth-order valence-electron chi connectivity index (χ4n) is 1.82. The van der Waals surface area contributed by atoms with Gasteiger partial charge in [0.1, 0.15) is 6.04 Å². The zero-order valence-corrected chi connectivity index (χ0v) is 13.5. The van der Waals surface area contributed by atoms with Gasteiger partial charge < -0.3 is 10.1 Å². The maximum Gasteiger partial charge on any atom is 0.323 e. The van der Waals surface area contributed by atoms with Crippen LogP contribution in [0.3, 0.4) is 0 Å². The lowest BCUT2D eigenvalue weighted by molar-refractivity contribution is -0.144. The zero-order chi connectivity index (χ0) is 15.0. The third kappa shape index (κ3) is 5.92. The number of pyridine rings is 1. The van der Waals surface area contributed by atoms with Crippen molar-refractivity contribution in [3.8, 4) is 0 Å². The van der Waals surface area contributed by atoms with E-state index in [9.17, 15) is 4.79 Å². The number of nitrogens with zero attached hydrogens (tertiary/aromatic N) is 1. The van der Waals surface area contributed by atoms with Gasteiger partial charge in [-0.2, -0.15) is 0 Å². The van der Waals surface area contributed by atoms with Crippen LogP contribution in [0.15, 0.2) is 17.2 Å². The second kappa shape index (κ2) is 8.97. The number of carbonyl (C=O) groups is 1. The number of ether oxygens (including phenoxy) is 1. The number of nitrogens with one attached hydrogen (secondary N) is 1. The fourth-order valence-corrected chi connectivity index (χ4v) is 2.89. The van der Waals surface area contributed by atoms with Crippen molar-refractivity contribution >= 4 is 17.7 Å². The highest BCUT2D eigenvalue weighted by Crippen LogP contribution is 2.19. The van der Waals surface area contributed by atoms with E-state index in [0.717, 1.165) is 23.7 Å². The normalized spacial score (nSPS) is 12.2. The first-order valence-electron chi connectivity index (χ1n) is 7.05. The summed E-state index contributed by atoms with van der Waals surface area (Å²) in [5.41, 5.74) is 2.19. The van der Waals surface area contributed by atoms with Gasteiger partial charge in [-0.3, -0.25) is 4.79 Å². The number of hydrogen-bond donors (Lipinski definition) is 1. The molecule has 0 saturated carbocycles. The van der Waals surface area contributed by atoms with E-state index in [2.05, 4.69) is 24.1 Å². The van der Waals surface area contributed by atoms with Gasteiger partial charge in [0.05, 0.1) is 11.6 Å². The molecule has 0 radical (unpaired) electrons. The zero-order valence-electron chi connectivity index (χ0n) is 12.7. The molecule has 0 amide bonds. The van der Waals surface area contributed by atoms with Gasteiger partial charge in [0.15, 0.2) is 0 Å². The van der Waals surface area contributed by atoms with Crippen molar-refractivity contribution in [2.45, 2.75) is 45.2 Å². The SMILES string of the molecule is CCCNC(CSc1cc(C)cc(C)n1)C(=O)OCC. The van der Waals surface area contributed by atoms with Crippen molar-refractivity contribution in [3.63, 3.8) is 0 Å². The molecule has 0 aliphatic heterocycles. The van der Waals surface area contributed by atoms with Gasteiger partial charge in [-0.25, -0.2) is 4.98 Å². The van der Waals surface area contributed by atoms with Crippen molar-refractivity contribution in [2.24, 2.45) is 0 Å². The number of rotatable bonds is 8. The molecule has 1 atom stereocenters. The number of aromatic nitrogens is 1. The number of hydrogen-bond acceptors (Lipinski definition) is 5. The Morgan fingerprint density at radius 2 is 2.15 bits per heavy atom. The van der Waals surface area contributed by atoms with Gasteiger partial charge in [0.2, 0.25) is 0 Å². The topological polar surface area (TPSA) is 51.2 Å². The minimum Gasteiger partial charge on any atom is -0.465 e. The van der Waals surface area contributed by atoms with Gasteiger partial charge >= 0.3 is 5.97 Å². The van der Waals surface area contributed by atoms with Crippen molar-refractivity contribution in [1.29, 1.82) is 0 Å². The number of esters is 1. The summed E-state index contributed by atoms with van der Waals surface area (Å²) >= 11 is 1.59. The Labute approximate surface area is 125 Å². The highest BCUT2D eigenvalue weighted by molar-refractivity contribution is 7.99. The van der Waals surface area contributed by atoms with E-state index in [1.165, 1.54) is 5.56 Å². The van der Waals surface area contributed by atoms with E-state index in [4.69, 9.17) is 4.74 Å². The molecule has 1 aromatic heterocycles. The first kappa shape index (κ1) is 17.0. The van der Waals surface area contributed by atoms with Gasteiger partial charge in [-0.05, 0) is 51.4 Å². The molecule has 1 N–H and O–H groups in total. The molecule has 4 nitrogen and oxygen atoms in total. The Balaban J connectivity index is 2.62. The molecule has 5 heteroatoms. The highest BCUT2D eigenvalue weighted by atomic mass is 32.2.